The van der Waals surface area contributed by atoms with Crippen molar-refractivity contribution in [1.82, 2.24) is 19.8 Å². The van der Waals surface area contributed by atoms with Crippen molar-refractivity contribution >= 4 is 40.6 Å². The Labute approximate surface area is 274 Å². The van der Waals surface area contributed by atoms with Crippen LogP contribution in [0.4, 0.5) is 28.1 Å². The van der Waals surface area contributed by atoms with Crippen LogP contribution in [0.2, 0.25) is 0 Å². The summed E-state index contributed by atoms with van der Waals surface area (Å²) in [7, 11) is 0. The fraction of sp³-hybridized carbons (Fsp3) is 0.500. The largest absolute Gasteiger partial charge is 4.00 e. The minimum atomic E-state index is -9.19. The molecule has 0 aromatic carbocycles. The van der Waals surface area contributed by atoms with E-state index in [1.54, 1.807) is 12.1 Å². The van der Waals surface area contributed by atoms with E-state index in [0.717, 1.165) is 13.1 Å². The third-order valence-electron chi connectivity index (χ3n) is 5.46. The SMILES string of the molecule is CC#N.CC#N.[F-].[F-].[F][Sb]([F])([F])([F])[F].[F][Sb]([F])([F])([F])[F].[Fe+4].c1ccc(CN2CCC[C@H]2[C@@H]2CCCN2Cc2ccccn2)nc1. The fourth-order valence-corrected chi connectivity index (χ4v) is 4.37. The molecule has 0 N–H and O–H groups in total. The maximum absolute atomic E-state index is 9.91. The summed E-state index contributed by atoms with van der Waals surface area (Å²) in [5.74, 6) is 0. The number of rotatable bonds is 5. The van der Waals surface area contributed by atoms with Crippen LogP contribution in [0.15, 0.2) is 48.8 Å². The molecule has 0 amide bonds. The van der Waals surface area contributed by atoms with E-state index >= 15 is 0 Å². The zero-order valence-electron chi connectivity index (χ0n) is 23.9. The van der Waals surface area contributed by atoms with Gasteiger partial charge in [-0.2, -0.15) is 10.5 Å². The number of halogens is 12. The van der Waals surface area contributed by atoms with Crippen LogP contribution in [0, 0.1) is 22.7 Å². The molecule has 0 spiro atoms. The van der Waals surface area contributed by atoms with Crippen LogP contribution in [0.3, 0.4) is 0 Å². The van der Waals surface area contributed by atoms with E-state index in [1.165, 1.54) is 64.0 Å². The minimum Gasteiger partial charge on any atom is -0.293 e. The summed E-state index contributed by atoms with van der Waals surface area (Å²) in [5.41, 5.74) is 2.39. The quantitative estimate of drug-likeness (QED) is 0.336. The average Bonchev–Trinajstić information content (AvgIpc) is 3.47. The van der Waals surface area contributed by atoms with Gasteiger partial charge < -0.3 is 9.41 Å². The number of pyridine rings is 2. The van der Waals surface area contributed by atoms with Crippen LogP contribution in [0.5, 0.6) is 0 Å². The third kappa shape index (κ3) is 32.3. The normalized spacial score (nSPS) is 19.0. The van der Waals surface area contributed by atoms with Gasteiger partial charge in [0.05, 0.1) is 23.5 Å². The Morgan fingerprint density at radius 1 is 0.667 bits per heavy atom. The van der Waals surface area contributed by atoms with E-state index < -0.39 is 40.6 Å². The predicted molar refractivity (Wildman–Crippen MR) is 140 cm³/mol. The monoisotopic (exact) mass is 930 g/mol. The van der Waals surface area contributed by atoms with Crippen molar-refractivity contribution in [2.45, 2.75) is 64.7 Å². The van der Waals surface area contributed by atoms with Crippen LogP contribution in [-0.4, -0.2) is 85.5 Å². The molecular weight excluding hydrogens is 900 g/mol. The van der Waals surface area contributed by atoms with Gasteiger partial charge in [-0.25, -0.2) is 0 Å². The van der Waals surface area contributed by atoms with Crippen molar-refractivity contribution in [2.24, 2.45) is 0 Å². The second kappa shape index (κ2) is 22.9. The third-order valence-corrected chi connectivity index (χ3v) is 5.46. The molecule has 0 saturated carbocycles. The first kappa shape index (κ1) is 50.4. The first-order valence-electron chi connectivity index (χ1n) is 12.3. The molecule has 0 unspecified atom stereocenters. The second-order valence-corrected chi connectivity index (χ2v) is 16.0. The van der Waals surface area contributed by atoms with Crippen molar-refractivity contribution in [3.63, 3.8) is 0 Å². The molecule has 21 heteroatoms. The van der Waals surface area contributed by atoms with Gasteiger partial charge in [-0.05, 0) is 63.0 Å². The van der Waals surface area contributed by atoms with Gasteiger partial charge >= 0.3 is 85.8 Å². The zero-order chi connectivity index (χ0) is 32.5. The van der Waals surface area contributed by atoms with Gasteiger partial charge in [0.1, 0.15) is 0 Å². The van der Waals surface area contributed by atoms with Crippen LogP contribution in [0.25, 0.3) is 0 Å². The summed E-state index contributed by atoms with van der Waals surface area (Å²) >= 11 is -18.4. The molecule has 0 bridgehead atoms. The molecule has 258 valence electrons. The first-order chi connectivity index (χ1) is 19.2. The summed E-state index contributed by atoms with van der Waals surface area (Å²) in [6.07, 6.45) is 9.07. The topological polar surface area (TPSA) is 79.8 Å². The number of likely N-dealkylation sites (tertiary alicyclic amines) is 2. The summed E-state index contributed by atoms with van der Waals surface area (Å²) in [5, 5.41) is 14.6. The Balaban J connectivity index is -0.000000336. The van der Waals surface area contributed by atoms with Crippen molar-refractivity contribution in [3.05, 3.63) is 60.2 Å². The Hall–Kier alpha value is -1.48. The van der Waals surface area contributed by atoms with Crippen LogP contribution < -0.4 is 9.41 Å². The molecule has 2 fully saturated rings. The Morgan fingerprint density at radius 2 is 0.933 bits per heavy atom. The van der Waals surface area contributed by atoms with Crippen LogP contribution in [-0.2, 0) is 30.2 Å². The molecule has 0 aliphatic carbocycles. The van der Waals surface area contributed by atoms with Gasteiger partial charge in [-0.15, -0.1) is 0 Å². The summed E-state index contributed by atoms with van der Waals surface area (Å²) in [6, 6.07) is 17.3. The summed E-state index contributed by atoms with van der Waals surface area (Å²) in [4.78, 5) is 14.4. The van der Waals surface area contributed by atoms with Crippen LogP contribution in [0.1, 0.15) is 50.9 Å². The Bertz CT molecular complexity index is 1000. The molecule has 2 aliphatic rings. The van der Waals surface area contributed by atoms with Crippen LogP contribution >= 0.6 is 0 Å². The number of aromatic nitrogens is 2. The molecule has 2 saturated heterocycles. The van der Waals surface area contributed by atoms with E-state index in [0.29, 0.717) is 12.1 Å². The van der Waals surface area contributed by atoms with Gasteiger partial charge in [-0.3, -0.25) is 19.8 Å². The molecular formula is C24H32F12FeN6Sb2+2. The molecule has 0 radical (unpaired) electrons. The van der Waals surface area contributed by atoms with Gasteiger partial charge in [-0.1, -0.05) is 12.1 Å². The smallest absolute Gasteiger partial charge is 0.293 e. The van der Waals surface area contributed by atoms with E-state index in [9.17, 15) is 28.1 Å². The molecule has 4 heterocycles. The van der Waals surface area contributed by atoms with Gasteiger partial charge in [0.25, 0.3) is 0 Å². The van der Waals surface area contributed by atoms with E-state index in [2.05, 4.69) is 44.0 Å². The zero-order valence-corrected chi connectivity index (χ0v) is 30.1. The molecule has 2 aromatic rings. The van der Waals surface area contributed by atoms with Crippen molar-refractivity contribution in [2.75, 3.05) is 13.1 Å². The van der Waals surface area contributed by atoms with Crippen molar-refractivity contribution < 1.29 is 54.6 Å². The first-order valence-corrected chi connectivity index (χ1v) is 22.0. The molecule has 2 aromatic heterocycles. The standard InChI is InChI=1S/C20H26N4.2C2H3N.12FH.Fe.2Sb/c1-3-11-21-17(7-1)15-23-13-5-9-19(23)20-10-6-14-24(20)16-18-8-2-4-12-22-18;2*1-2-3;;;;;;;;;;;;;;;/h1-4,7-8,11-12,19-20H,5-6,9-10,13-16H2;2*1H3;12*1H;;;/q;;;;;;;;;;;;;;;+4;2*+5/p-12/t19-,20-;;;;;;;;;;;;;;;;;/m0................./s1. The summed E-state index contributed by atoms with van der Waals surface area (Å²) < 4.78 is 99.1. The maximum Gasteiger partial charge on any atom is 4.00 e. The van der Waals surface area contributed by atoms with E-state index in [4.69, 9.17) is 10.5 Å². The molecule has 45 heavy (non-hydrogen) atoms. The second-order valence-electron chi connectivity index (χ2n) is 8.73. The van der Waals surface area contributed by atoms with Gasteiger partial charge in [0, 0.05) is 51.4 Å². The number of hydrogen-bond acceptors (Lipinski definition) is 6. The number of nitriles is 2. The number of hydrogen-bond donors (Lipinski definition) is 0. The average molecular weight is 932 g/mol. The Kier molecular flexibility index (Phi) is 25.7. The minimum absolute atomic E-state index is 0. The molecule has 2 atom stereocenters. The van der Waals surface area contributed by atoms with Crippen molar-refractivity contribution in [3.8, 4) is 12.1 Å². The molecule has 4 rings (SSSR count). The maximum atomic E-state index is 9.91. The van der Waals surface area contributed by atoms with Crippen molar-refractivity contribution in [1.29, 1.82) is 10.5 Å². The summed E-state index contributed by atoms with van der Waals surface area (Å²) in [6.45, 7) is 7.24. The Morgan fingerprint density at radius 3 is 1.16 bits per heavy atom. The predicted octanol–water partition coefficient (Wildman–Crippen LogP) is 1.61. The van der Waals surface area contributed by atoms with Gasteiger partial charge in [0.15, 0.2) is 0 Å². The number of nitrogens with zero attached hydrogens (tertiary/aromatic N) is 6. The molecule has 6 nitrogen and oxygen atoms in total. The van der Waals surface area contributed by atoms with E-state index in [-0.39, 0.29) is 26.5 Å². The molecule has 2 aliphatic heterocycles. The fourth-order valence-electron chi connectivity index (χ4n) is 4.37. The van der Waals surface area contributed by atoms with Gasteiger partial charge in [0.2, 0.25) is 0 Å². The van der Waals surface area contributed by atoms with E-state index in [1.807, 2.05) is 24.5 Å².